The zero-order chi connectivity index (χ0) is 14.7. The number of thioether (sulfide) groups is 1. The molecule has 104 valence electrons. The van der Waals surface area contributed by atoms with Crippen LogP contribution in [0.5, 0.6) is 0 Å². The molecule has 0 amide bonds. The van der Waals surface area contributed by atoms with E-state index in [-0.39, 0.29) is 10.3 Å². The van der Waals surface area contributed by atoms with Gasteiger partial charge in [0, 0.05) is 27.4 Å². The van der Waals surface area contributed by atoms with E-state index in [2.05, 4.69) is 26.1 Å². The van der Waals surface area contributed by atoms with Crippen LogP contribution >= 0.6 is 27.7 Å². The van der Waals surface area contributed by atoms with E-state index in [1.165, 1.54) is 0 Å². The van der Waals surface area contributed by atoms with Gasteiger partial charge in [0.2, 0.25) is 11.0 Å². The van der Waals surface area contributed by atoms with Crippen molar-refractivity contribution in [3.05, 3.63) is 64.6 Å². The first-order valence-electron chi connectivity index (χ1n) is 6.09. The molecule has 21 heavy (non-hydrogen) atoms. The summed E-state index contributed by atoms with van der Waals surface area (Å²) in [5, 5.41) is 7.97. The Bertz CT molecular complexity index is 757. The molecule has 3 aromatic rings. The Morgan fingerprint density at radius 2 is 1.71 bits per heavy atom. The number of carbonyl (C=O) groups is 1. The van der Waals surface area contributed by atoms with E-state index in [9.17, 15) is 4.79 Å². The lowest BCUT2D eigenvalue weighted by atomic mass is 10.2. The topological polar surface area (TPSA) is 56.0 Å². The van der Waals surface area contributed by atoms with Crippen LogP contribution in [0.3, 0.4) is 0 Å². The standard InChI is InChI=1S/C15H9BrN2O2S/c16-12-8-6-10(7-9-12)13-17-18-15(20-13)21-14(19)11-4-2-1-3-5-11/h1-9H. The van der Waals surface area contributed by atoms with Crippen LogP contribution in [0.1, 0.15) is 10.4 Å². The van der Waals surface area contributed by atoms with Gasteiger partial charge in [-0.2, -0.15) is 0 Å². The minimum absolute atomic E-state index is 0.124. The number of hydrogen-bond acceptors (Lipinski definition) is 5. The number of carbonyl (C=O) groups excluding carboxylic acids is 1. The van der Waals surface area contributed by atoms with Gasteiger partial charge in [0.1, 0.15) is 0 Å². The number of aromatic nitrogens is 2. The van der Waals surface area contributed by atoms with E-state index >= 15 is 0 Å². The van der Waals surface area contributed by atoms with E-state index in [0.29, 0.717) is 11.5 Å². The molecule has 0 aliphatic carbocycles. The predicted octanol–water partition coefficient (Wildman–Crippen LogP) is 4.43. The molecule has 1 aromatic heterocycles. The second kappa shape index (κ2) is 6.24. The quantitative estimate of drug-likeness (QED) is 0.646. The van der Waals surface area contributed by atoms with E-state index in [4.69, 9.17) is 4.42 Å². The molecule has 0 aliphatic rings. The highest BCUT2D eigenvalue weighted by Crippen LogP contribution is 2.26. The van der Waals surface area contributed by atoms with Crippen LogP contribution in [0.25, 0.3) is 11.5 Å². The molecule has 6 heteroatoms. The molecule has 0 N–H and O–H groups in total. The van der Waals surface area contributed by atoms with Crippen LogP contribution in [0, 0.1) is 0 Å². The molecule has 0 fully saturated rings. The van der Waals surface area contributed by atoms with Crippen molar-refractivity contribution < 1.29 is 9.21 Å². The van der Waals surface area contributed by atoms with Gasteiger partial charge in [-0.25, -0.2) is 0 Å². The number of nitrogens with zero attached hydrogens (tertiary/aromatic N) is 2. The van der Waals surface area contributed by atoms with Gasteiger partial charge in [0.05, 0.1) is 0 Å². The van der Waals surface area contributed by atoms with Gasteiger partial charge < -0.3 is 4.42 Å². The Hall–Kier alpha value is -1.92. The van der Waals surface area contributed by atoms with Crippen molar-refractivity contribution >= 4 is 32.8 Å². The van der Waals surface area contributed by atoms with Crippen LogP contribution in [-0.2, 0) is 0 Å². The smallest absolute Gasteiger partial charge is 0.284 e. The third-order valence-electron chi connectivity index (χ3n) is 2.69. The molecule has 2 aromatic carbocycles. The van der Waals surface area contributed by atoms with Gasteiger partial charge in [0.25, 0.3) is 5.22 Å². The number of hydrogen-bond donors (Lipinski definition) is 0. The van der Waals surface area contributed by atoms with Crippen molar-refractivity contribution in [2.45, 2.75) is 5.22 Å². The fraction of sp³-hybridized carbons (Fsp3) is 0. The average molecular weight is 361 g/mol. The Morgan fingerprint density at radius 3 is 2.43 bits per heavy atom. The molecule has 0 atom stereocenters. The number of halogens is 1. The van der Waals surface area contributed by atoms with Crippen molar-refractivity contribution in [1.82, 2.24) is 10.2 Å². The molecule has 0 unspecified atom stereocenters. The molecule has 0 saturated carbocycles. The molecule has 0 radical (unpaired) electrons. The minimum Gasteiger partial charge on any atom is -0.411 e. The first-order chi connectivity index (χ1) is 10.2. The summed E-state index contributed by atoms with van der Waals surface area (Å²) in [4.78, 5) is 12.0. The molecule has 1 heterocycles. The largest absolute Gasteiger partial charge is 0.411 e. The second-order valence-corrected chi connectivity index (χ2v) is 5.98. The molecular formula is C15H9BrN2O2S. The van der Waals surface area contributed by atoms with Crippen LogP contribution in [0.2, 0.25) is 0 Å². The van der Waals surface area contributed by atoms with Crippen molar-refractivity contribution in [3.8, 4) is 11.5 Å². The summed E-state index contributed by atoms with van der Waals surface area (Å²) in [6.45, 7) is 0. The molecule has 4 nitrogen and oxygen atoms in total. The molecule has 0 bridgehead atoms. The Kier molecular flexibility index (Phi) is 4.17. The van der Waals surface area contributed by atoms with E-state index in [1.54, 1.807) is 12.1 Å². The third kappa shape index (κ3) is 3.40. The van der Waals surface area contributed by atoms with Crippen molar-refractivity contribution in [2.75, 3.05) is 0 Å². The van der Waals surface area contributed by atoms with Crippen LogP contribution in [0.15, 0.2) is 68.7 Å². The number of rotatable bonds is 3. The first-order valence-corrected chi connectivity index (χ1v) is 7.70. The Balaban J connectivity index is 1.76. The van der Waals surface area contributed by atoms with Gasteiger partial charge >= 0.3 is 0 Å². The fourth-order valence-corrected chi connectivity index (χ4v) is 2.55. The summed E-state index contributed by atoms with van der Waals surface area (Å²) >= 11 is 4.29. The molecule has 0 spiro atoms. The van der Waals surface area contributed by atoms with Crippen molar-refractivity contribution in [1.29, 1.82) is 0 Å². The lowest BCUT2D eigenvalue weighted by Crippen LogP contribution is -1.92. The van der Waals surface area contributed by atoms with Crippen LogP contribution in [-0.4, -0.2) is 15.3 Å². The summed E-state index contributed by atoms with van der Waals surface area (Å²) in [6.07, 6.45) is 0. The van der Waals surface area contributed by atoms with E-state index in [0.717, 1.165) is 21.8 Å². The number of benzene rings is 2. The summed E-state index contributed by atoms with van der Waals surface area (Å²) < 4.78 is 6.48. The Labute approximate surface area is 133 Å². The maximum atomic E-state index is 12.0. The normalized spacial score (nSPS) is 10.5. The zero-order valence-corrected chi connectivity index (χ0v) is 13.1. The minimum atomic E-state index is -0.124. The van der Waals surface area contributed by atoms with Gasteiger partial charge in [-0.05, 0) is 24.3 Å². The maximum absolute atomic E-state index is 12.0. The second-order valence-electron chi connectivity index (χ2n) is 4.14. The Morgan fingerprint density at radius 1 is 1.00 bits per heavy atom. The summed E-state index contributed by atoms with van der Waals surface area (Å²) in [5.41, 5.74) is 1.41. The van der Waals surface area contributed by atoms with Gasteiger partial charge in [-0.15, -0.1) is 10.2 Å². The average Bonchev–Trinajstić information content (AvgIpc) is 2.97. The SMILES string of the molecule is O=C(Sc1nnc(-c2ccc(Br)cc2)o1)c1ccccc1. The maximum Gasteiger partial charge on any atom is 0.284 e. The lowest BCUT2D eigenvalue weighted by molar-refractivity contribution is 0.108. The lowest BCUT2D eigenvalue weighted by Gasteiger charge is -1.96. The zero-order valence-electron chi connectivity index (χ0n) is 10.7. The van der Waals surface area contributed by atoms with Gasteiger partial charge in [-0.1, -0.05) is 46.3 Å². The van der Waals surface area contributed by atoms with Gasteiger partial charge in [0.15, 0.2) is 0 Å². The monoisotopic (exact) mass is 360 g/mol. The summed E-state index contributed by atoms with van der Waals surface area (Å²) in [7, 11) is 0. The van der Waals surface area contributed by atoms with Crippen molar-refractivity contribution in [3.63, 3.8) is 0 Å². The van der Waals surface area contributed by atoms with Crippen LogP contribution < -0.4 is 0 Å². The van der Waals surface area contributed by atoms with Crippen LogP contribution in [0.4, 0.5) is 0 Å². The fourth-order valence-electron chi connectivity index (χ4n) is 1.67. The summed E-state index contributed by atoms with van der Waals surface area (Å²) in [6, 6.07) is 16.5. The van der Waals surface area contributed by atoms with Crippen molar-refractivity contribution in [2.24, 2.45) is 0 Å². The predicted molar refractivity (Wildman–Crippen MR) is 84.1 cm³/mol. The highest BCUT2D eigenvalue weighted by Gasteiger charge is 2.14. The van der Waals surface area contributed by atoms with E-state index < -0.39 is 0 Å². The summed E-state index contributed by atoms with van der Waals surface area (Å²) in [5.74, 6) is 0.394. The van der Waals surface area contributed by atoms with Gasteiger partial charge in [-0.3, -0.25) is 4.79 Å². The molecule has 3 rings (SSSR count). The third-order valence-corrected chi connectivity index (χ3v) is 3.98. The molecule has 0 aliphatic heterocycles. The first kappa shape index (κ1) is 14.0. The molecular weight excluding hydrogens is 352 g/mol. The molecule has 0 saturated heterocycles. The highest BCUT2D eigenvalue weighted by atomic mass is 79.9. The highest BCUT2D eigenvalue weighted by molar-refractivity contribution is 9.10. The van der Waals surface area contributed by atoms with E-state index in [1.807, 2.05) is 42.5 Å².